The van der Waals surface area contributed by atoms with Gasteiger partial charge in [-0.15, -0.1) is 0 Å². The van der Waals surface area contributed by atoms with Gasteiger partial charge in [-0.3, -0.25) is 0 Å². The summed E-state index contributed by atoms with van der Waals surface area (Å²) in [5.41, 5.74) is 0. The number of ether oxygens (including phenoxy) is 2. The van der Waals surface area contributed by atoms with Crippen molar-refractivity contribution in [3.63, 3.8) is 0 Å². The van der Waals surface area contributed by atoms with Crippen LogP contribution in [-0.2, 0) is 9.47 Å². The molecular formula is C7H10O3. The van der Waals surface area contributed by atoms with Crippen molar-refractivity contribution in [1.82, 2.24) is 0 Å². The third-order valence-corrected chi connectivity index (χ3v) is 0.660. The highest BCUT2D eigenvalue weighted by Crippen LogP contribution is 1.85. The van der Waals surface area contributed by atoms with Gasteiger partial charge in [0, 0.05) is 6.92 Å². The van der Waals surface area contributed by atoms with Crippen LogP contribution in [0, 0.1) is 12.0 Å². The molecule has 0 bridgehead atoms. The van der Waals surface area contributed by atoms with Gasteiger partial charge < -0.3 is 9.47 Å². The Morgan fingerprint density at radius 3 is 2.80 bits per heavy atom. The summed E-state index contributed by atoms with van der Waals surface area (Å²) in [6.45, 7) is 3.86. The summed E-state index contributed by atoms with van der Waals surface area (Å²) in [7, 11) is 0. The first-order valence-electron chi connectivity index (χ1n) is 3.06. The average Bonchev–Trinajstić information content (AvgIpc) is 1.97. The second-order valence-corrected chi connectivity index (χ2v) is 1.55. The lowest BCUT2D eigenvalue weighted by atomic mass is 10.5. The summed E-state index contributed by atoms with van der Waals surface area (Å²) in [4.78, 5) is 10.4. The second-order valence-electron chi connectivity index (χ2n) is 1.55. The van der Waals surface area contributed by atoms with E-state index in [1.54, 1.807) is 6.92 Å². The lowest BCUT2D eigenvalue weighted by Gasteiger charge is -1.96. The van der Waals surface area contributed by atoms with Crippen LogP contribution in [0.2, 0.25) is 0 Å². The van der Waals surface area contributed by atoms with E-state index >= 15 is 0 Å². The summed E-state index contributed by atoms with van der Waals surface area (Å²) >= 11 is 0. The maximum Gasteiger partial charge on any atom is 0.522 e. The SMILES string of the molecule is CC#COC(=O)OCCC. The number of rotatable bonds is 2. The van der Waals surface area contributed by atoms with E-state index in [0.717, 1.165) is 6.42 Å². The topological polar surface area (TPSA) is 35.5 Å². The molecule has 0 amide bonds. The quantitative estimate of drug-likeness (QED) is 0.433. The minimum absolute atomic E-state index is 0.379. The highest BCUT2D eigenvalue weighted by Gasteiger charge is 1.98. The van der Waals surface area contributed by atoms with Gasteiger partial charge in [0.05, 0.1) is 6.61 Å². The van der Waals surface area contributed by atoms with E-state index in [4.69, 9.17) is 0 Å². The van der Waals surface area contributed by atoms with Gasteiger partial charge in [0.25, 0.3) is 0 Å². The smallest absolute Gasteiger partial charge is 0.433 e. The van der Waals surface area contributed by atoms with Crippen molar-refractivity contribution >= 4 is 6.16 Å². The first-order valence-corrected chi connectivity index (χ1v) is 3.06. The Morgan fingerprint density at radius 1 is 1.60 bits per heavy atom. The van der Waals surface area contributed by atoms with Crippen molar-refractivity contribution in [3.05, 3.63) is 0 Å². The van der Waals surface area contributed by atoms with Crippen molar-refractivity contribution in [2.45, 2.75) is 20.3 Å². The fourth-order valence-electron chi connectivity index (χ4n) is 0.308. The molecule has 0 fully saturated rings. The number of carbonyl (C=O) groups is 1. The fourth-order valence-corrected chi connectivity index (χ4v) is 0.308. The molecule has 0 saturated heterocycles. The van der Waals surface area contributed by atoms with Crippen LogP contribution in [0.25, 0.3) is 0 Å². The highest BCUT2D eigenvalue weighted by atomic mass is 16.7. The van der Waals surface area contributed by atoms with Gasteiger partial charge in [-0.2, -0.15) is 0 Å². The van der Waals surface area contributed by atoms with E-state index in [1.165, 1.54) is 0 Å². The first-order chi connectivity index (χ1) is 4.81. The molecule has 3 heteroatoms. The van der Waals surface area contributed by atoms with Crippen molar-refractivity contribution in [1.29, 1.82) is 0 Å². The standard InChI is InChI=1S/C7H10O3/c1-3-5-9-7(8)10-6-4-2/h3,5H2,1-2H3. The van der Waals surface area contributed by atoms with Crippen LogP contribution in [0.3, 0.4) is 0 Å². The zero-order chi connectivity index (χ0) is 7.82. The molecule has 0 aromatic heterocycles. The molecule has 0 aliphatic carbocycles. The summed E-state index contributed by atoms with van der Waals surface area (Å²) < 4.78 is 8.80. The Labute approximate surface area is 60.3 Å². The van der Waals surface area contributed by atoms with Crippen molar-refractivity contribution in [3.8, 4) is 12.0 Å². The molecule has 0 heterocycles. The molecule has 10 heavy (non-hydrogen) atoms. The fraction of sp³-hybridized carbons (Fsp3) is 0.571. The molecule has 0 spiro atoms. The minimum Gasteiger partial charge on any atom is -0.433 e. The van der Waals surface area contributed by atoms with Gasteiger partial charge >= 0.3 is 6.16 Å². The zero-order valence-corrected chi connectivity index (χ0v) is 6.14. The first kappa shape index (κ1) is 8.83. The van der Waals surface area contributed by atoms with Crippen LogP contribution in [-0.4, -0.2) is 12.8 Å². The van der Waals surface area contributed by atoms with Gasteiger partial charge in [-0.05, 0) is 6.42 Å². The van der Waals surface area contributed by atoms with Gasteiger partial charge in [0.15, 0.2) is 0 Å². The predicted octanol–water partition coefficient (Wildman–Crippen LogP) is 1.53. The van der Waals surface area contributed by atoms with Crippen molar-refractivity contribution in [2.75, 3.05) is 6.61 Å². The zero-order valence-electron chi connectivity index (χ0n) is 6.14. The van der Waals surface area contributed by atoms with Gasteiger partial charge in [0.2, 0.25) is 0 Å². The van der Waals surface area contributed by atoms with E-state index in [1.807, 2.05) is 6.92 Å². The molecule has 0 N–H and O–H groups in total. The molecule has 0 aliphatic heterocycles. The molecule has 3 nitrogen and oxygen atoms in total. The Morgan fingerprint density at radius 2 is 2.30 bits per heavy atom. The van der Waals surface area contributed by atoms with E-state index in [-0.39, 0.29) is 0 Å². The van der Waals surface area contributed by atoms with E-state index in [0.29, 0.717) is 6.61 Å². The molecule has 0 atom stereocenters. The van der Waals surface area contributed by atoms with Crippen LogP contribution in [0.1, 0.15) is 20.3 Å². The minimum atomic E-state index is -0.726. The van der Waals surface area contributed by atoms with Crippen LogP contribution < -0.4 is 0 Å². The van der Waals surface area contributed by atoms with E-state index < -0.39 is 6.16 Å². The summed E-state index contributed by atoms with van der Waals surface area (Å²) in [5, 5.41) is 0. The number of hydrogen-bond donors (Lipinski definition) is 0. The summed E-state index contributed by atoms with van der Waals surface area (Å²) in [5.74, 6) is 2.40. The lowest BCUT2D eigenvalue weighted by molar-refractivity contribution is 0.0903. The second kappa shape index (κ2) is 5.96. The molecule has 0 aromatic carbocycles. The Hall–Kier alpha value is -1.17. The maximum absolute atomic E-state index is 10.4. The van der Waals surface area contributed by atoms with Crippen LogP contribution >= 0.6 is 0 Å². The van der Waals surface area contributed by atoms with Crippen LogP contribution in [0.15, 0.2) is 0 Å². The molecule has 0 aromatic rings. The lowest BCUT2D eigenvalue weighted by Crippen LogP contribution is -2.04. The van der Waals surface area contributed by atoms with Crippen molar-refractivity contribution in [2.24, 2.45) is 0 Å². The third-order valence-electron chi connectivity index (χ3n) is 0.660. The molecule has 0 rings (SSSR count). The predicted molar refractivity (Wildman–Crippen MR) is 36.2 cm³/mol. The Bertz CT molecular complexity index is 152. The summed E-state index contributed by atoms with van der Waals surface area (Å²) in [6, 6.07) is 0. The molecule has 0 aliphatic rings. The number of carbonyl (C=O) groups excluding carboxylic acids is 1. The summed E-state index contributed by atoms with van der Waals surface area (Å²) in [6.07, 6.45) is 2.19. The average molecular weight is 142 g/mol. The number of hydrogen-bond acceptors (Lipinski definition) is 3. The van der Waals surface area contributed by atoms with Crippen molar-refractivity contribution < 1.29 is 14.3 Å². The monoisotopic (exact) mass is 142 g/mol. The molecule has 0 saturated carbocycles. The normalized spacial score (nSPS) is 7.40. The third kappa shape index (κ3) is 4.98. The molecule has 0 radical (unpaired) electrons. The van der Waals surface area contributed by atoms with Gasteiger partial charge in [-0.25, -0.2) is 4.79 Å². The largest absolute Gasteiger partial charge is 0.522 e. The molecule has 56 valence electrons. The van der Waals surface area contributed by atoms with E-state index in [2.05, 4.69) is 21.5 Å². The van der Waals surface area contributed by atoms with E-state index in [9.17, 15) is 4.79 Å². The molecule has 0 unspecified atom stereocenters. The van der Waals surface area contributed by atoms with Crippen LogP contribution in [0.5, 0.6) is 0 Å². The van der Waals surface area contributed by atoms with Crippen LogP contribution in [0.4, 0.5) is 4.79 Å². The molecular weight excluding hydrogens is 132 g/mol. The maximum atomic E-state index is 10.4. The Balaban J connectivity index is 3.31. The van der Waals surface area contributed by atoms with Gasteiger partial charge in [-0.1, -0.05) is 12.8 Å². The highest BCUT2D eigenvalue weighted by molar-refractivity contribution is 5.61. The Kier molecular flexibility index (Phi) is 5.26. The van der Waals surface area contributed by atoms with Gasteiger partial charge in [0.1, 0.15) is 6.11 Å².